The van der Waals surface area contributed by atoms with E-state index < -0.39 is 27.5 Å². The Bertz CT molecular complexity index is 834. The monoisotopic (exact) mass is 580 g/mol. The van der Waals surface area contributed by atoms with Crippen LogP contribution < -0.4 is 10.8 Å². The van der Waals surface area contributed by atoms with Crippen molar-refractivity contribution in [2.24, 2.45) is 5.41 Å². The van der Waals surface area contributed by atoms with Gasteiger partial charge in [-0.15, -0.1) is 0 Å². The predicted molar refractivity (Wildman–Crippen MR) is 125 cm³/mol. The SMILES string of the molecule is CC(C)(Br)COCC(C)(COC(=O)C(C)(C)Br)C(=O)NCc1ccc(C(=O)NO)c(O)c1. The number of hydroxylamine groups is 1. The molecule has 1 aromatic carbocycles. The lowest BCUT2D eigenvalue weighted by Crippen LogP contribution is -2.46. The fourth-order valence-electron chi connectivity index (χ4n) is 2.42. The van der Waals surface area contributed by atoms with Gasteiger partial charge < -0.3 is 19.9 Å². The second kappa shape index (κ2) is 11.4. The van der Waals surface area contributed by atoms with E-state index >= 15 is 0 Å². The Labute approximate surface area is 204 Å². The predicted octanol–water partition coefficient (Wildman–Crippen LogP) is 3.04. The number of aromatic hydroxyl groups is 1. The van der Waals surface area contributed by atoms with Crippen LogP contribution >= 0.6 is 31.9 Å². The molecule has 0 spiro atoms. The lowest BCUT2D eigenvalue weighted by atomic mass is 9.91. The maximum Gasteiger partial charge on any atom is 0.322 e. The van der Waals surface area contributed by atoms with Gasteiger partial charge in [0.2, 0.25) is 5.91 Å². The van der Waals surface area contributed by atoms with Crippen molar-refractivity contribution in [3.05, 3.63) is 29.3 Å². The smallest absolute Gasteiger partial charge is 0.322 e. The highest BCUT2D eigenvalue weighted by Crippen LogP contribution is 2.25. The van der Waals surface area contributed by atoms with E-state index in [0.717, 1.165) is 0 Å². The molecule has 0 saturated heterocycles. The molecule has 0 radical (unpaired) electrons. The van der Waals surface area contributed by atoms with Gasteiger partial charge in [0.05, 0.1) is 18.8 Å². The number of carbonyl (C=O) groups excluding carboxylic acids is 3. The summed E-state index contributed by atoms with van der Waals surface area (Å²) in [6.07, 6.45) is 0. The molecule has 0 aliphatic carbocycles. The Morgan fingerprint density at radius 2 is 1.66 bits per heavy atom. The summed E-state index contributed by atoms with van der Waals surface area (Å²) < 4.78 is 9.87. The lowest BCUT2D eigenvalue weighted by Gasteiger charge is -2.30. The summed E-state index contributed by atoms with van der Waals surface area (Å²) in [5, 5.41) is 21.4. The average molecular weight is 582 g/mol. The highest BCUT2D eigenvalue weighted by atomic mass is 79.9. The zero-order valence-corrected chi connectivity index (χ0v) is 21.9. The first-order valence-corrected chi connectivity index (χ1v) is 11.3. The van der Waals surface area contributed by atoms with Crippen LogP contribution in [0.5, 0.6) is 5.75 Å². The van der Waals surface area contributed by atoms with Gasteiger partial charge in [-0.25, -0.2) is 5.48 Å². The molecule has 4 N–H and O–H groups in total. The van der Waals surface area contributed by atoms with Gasteiger partial charge in [-0.3, -0.25) is 19.6 Å². The largest absolute Gasteiger partial charge is 0.507 e. The quantitative estimate of drug-likeness (QED) is 0.136. The number of hydrogen-bond donors (Lipinski definition) is 4. The Kier molecular flexibility index (Phi) is 10.1. The molecule has 0 aliphatic heterocycles. The van der Waals surface area contributed by atoms with Crippen molar-refractivity contribution in [1.82, 2.24) is 10.8 Å². The van der Waals surface area contributed by atoms with Crippen molar-refractivity contribution in [1.29, 1.82) is 0 Å². The molecular formula is C21H30Br2N2O7. The highest BCUT2D eigenvalue weighted by Gasteiger charge is 2.37. The average Bonchev–Trinajstić information content (AvgIpc) is 2.67. The van der Waals surface area contributed by atoms with Crippen LogP contribution in [0.25, 0.3) is 0 Å². The summed E-state index contributed by atoms with van der Waals surface area (Å²) in [6, 6.07) is 4.15. The number of alkyl halides is 2. The first-order chi connectivity index (χ1) is 14.6. The third kappa shape index (κ3) is 9.05. The van der Waals surface area contributed by atoms with Gasteiger partial charge in [0.25, 0.3) is 5.91 Å². The molecule has 0 heterocycles. The molecular weight excluding hydrogens is 552 g/mol. The fourth-order valence-corrected chi connectivity index (χ4v) is 2.70. The van der Waals surface area contributed by atoms with Gasteiger partial charge in [-0.2, -0.15) is 0 Å². The Hall–Kier alpha value is -1.69. The molecule has 11 heteroatoms. The van der Waals surface area contributed by atoms with Crippen molar-refractivity contribution in [3.8, 4) is 5.75 Å². The third-order valence-corrected chi connectivity index (χ3v) is 4.84. The van der Waals surface area contributed by atoms with Gasteiger partial charge in [0, 0.05) is 10.9 Å². The van der Waals surface area contributed by atoms with Crippen molar-refractivity contribution in [3.63, 3.8) is 0 Å². The third-order valence-electron chi connectivity index (χ3n) is 4.28. The molecule has 0 saturated carbocycles. The van der Waals surface area contributed by atoms with Crippen molar-refractivity contribution in [2.75, 3.05) is 19.8 Å². The second-order valence-electron chi connectivity index (χ2n) is 8.80. The van der Waals surface area contributed by atoms with Crippen LogP contribution in [0.2, 0.25) is 0 Å². The van der Waals surface area contributed by atoms with Crippen molar-refractivity contribution in [2.45, 2.75) is 49.8 Å². The number of ether oxygens (including phenoxy) is 2. The molecule has 32 heavy (non-hydrogen) atoms. The fraction of sp³-hybridized carbons (Fsp3) is 0.571. The normalized spacial score (nSPS) is 13.8. The summed E-state index contributed by atoms with van der Waals surface area (Å²) in [4.78, 5) is 36.6. The Morgan fingerprint density at radius 1 is 1.03 bits per heavy atom. The molecule has 9 nitrogen and oxygen atoms in total. The maximum absolute atomic E-state index is 13.0. The molecule has 180 valence electrons. The van der Waals surface area contributed by atoms with Crippen molar-refractivity contribution < 1.29 is 34.2 Å². The Morgan fingerprint density at radius 3 is 2.16 bits per heavy atom. The number of amides is 2. The standard InChI is InChI=1S/C21H30Br2N2O7/c1-19(2,22)10-31-11-21(5,12-32-18(29)20(3,4)23)17(28)24-9-13-6-7-14(15(26)8-13)16(27)25-30/h6-8,26,30H,9-12H2,1-5H3,(H,24,28)(H,25,27). The van der Waals surface area contributed by atoms with Gasteiger partial charge >= 0.3 is 5.97 Å². The summed E-state index contributed by atoms with van der Waals surface area (Å²) in [5.41, 5.74) is 0.682. The number of rotatable bonds is 11. The maximum atomic E-state index is 13.0. The van der Waals surface area contributed by atoms with Crippen molar-refractivity contribution >= 4 is 49.6 Å². The first-order valence-electron chi connectivity index (χ1n) is 9.76. The van der Waals surface area contributed by atoms with Gasteiger partial charge in [-0.1, -0.05) is 37.9 Å². The van der Waals surface area contributed by atoms with Crippen LogP contribution in [0, 0.1) is 5.41 Å². The minimum absolute atomic E-state index is 0.00468. The van der Waals surface area contributed by atoms with E-state index in [0.29, 0.717) is 12.2 Å². The summed E-state index contributed by atoms with van der Waals surface area (Å²) in [7, 11) is 0. The van der Waals surface area contributed by atoms with Crippen LogP contribution in [0.1, 0.15) is 50.5 Å². The van der Waals surface area contributed by atoms with Crippen LogP contribution in [0.15, 0.2) is 18.2 Å². The summed E-state index contributed by atoms with van der Waals surface area (Å²) in [5.74, 6) is -2.13. The van der Waals surface area contributed by atoms with Gasteiger partial charge in [-0.05, 0) is 52.3 Å². The zero-order valence-electron chi connectivity index (χ0n) is 18.8. The number of benzene rings is 1. The number of phenolic OH excluding ortho intramolecular Hbond substituents is 1. The van der Waals surface area contributed by atoms with E-state index in [9.17, 15) is 19.5 Å². The lowest BCUT2D eigenvalue weighted by molar-refractivity contribution is -0.154. The number of halogens is 2. The Balaban J connectivity index is 2.90. The van der Waals surface area contributed by atoms with Crippen LogP contribution in [0.4, 0.5) is 0 Å². The van der Waals surface area contributed by atoms with Crippen LogP contribution in [0.3, 0.4) is 0 Å². The second-order valence-corrected chi connectivity index (χ2v) is 12.9. The number of phenols is 1. The first kappa shape index (κ1) is 28.3. The molecule has 2 amide bonds. The molecule has 1 rings (SSSR count). The molecule has 0 fully saturated rings. The molecule has 0 aromatic heterocycles. The number of hydrogen-bond acceptors (Lipinski definition) is 7. The molecule has 1 atom stereocenters. The number of esters is 1. The summed E-state index contributed by atoms with van der Waals surface area (Å²) >= 11 is 6.71. The zero-order chi connectivity index (χ0) is 24.7. The number of nitrogens with one attached hydrogen (secondary N) is 2. The van der Waals surface area contributed by atoms with E-state index in [4.69, 9.17) is 14.7 Å². The van der Waals surface area contributed by atoms with Crippen LogP contribution in [-0.4, -0.2) is 56.6 Å². The van der Waals surface area contributed by atoms with E-state index in [1.807, 2.05) is 13.8 Å². The topological polar surface area (TPSA) is 134 Å². The summed E-state index contributed by atoms with van der Waals surface area (Å²) in [6.45, 7) is 8.94. The molecule has 0 bridgehead atoms. The minimum Gasteiger partial charge on any atom is -0.507 e. The van der Waals surface area contributed by atoms with Gasteiger partial charge in [0.1, 0.15) is 22.1 Å². The number of carbonyl (C=O) groups is 3. The van der Waals surface area contributed by atoms with Crippen LogP contribution in [-0.2, 0) is 25.6 Å². The van der Waals surface area contributed by atoms with E-state index in [1.165, 1.54) is 23.7 Å². The molecule has 1 aromatic rings. The molecule has 1 unspecified atom stereocenters. The van der Waals surface area contributed by atoms with E-state index in [2.05, 4.69) is 37.2 Å². The van der Waals surface area contributed by atoms with E-state index in [1.54, 1.807) is 20.8 Å². The highest BCUT2D eigenvalue weighted by molar-refractivity contribution is 9.10. The molecule has 0 aliphatic rings. The van der Waals surface area contributed by atoms with Gasteiger partial charge in [0.15, 0.2) is 0 Å². The minimum atomic E-state index is -1.18. The van der Waals surface area contributed by atoms with E-state index in [-0.39, 0.29) is 35.4 Å².